The molecule has 0 aliphatic heterocycles. The highest BCUT2D eigenvalue weighted by molar-refractivity contribution is 7.73. The first-order chi connectivity index (χ1) is 19.3. The van der Waals surface area contributed by atoms with Crippen LogP contribution in [-0.4, -0.2) is 26.1 Å². The molecule has 0 heterocycles. The molecule has 3 N–H and O–H groups in total. The highest BCUT2D eigenvalue weighted by Gasteiger charge is 2.25. The van der Waals surface area contributed by atoms with E-state index in [1.807, 2.05) is 30.3 Å². The maximum Gasteiger partial charge on any atom is 0.314 e. The number of ether oxygens (including phenoxy) is 1. The van der Waals surface area contributed by atoms with Crippen molar-refractivity contribution in [3.05, 3.63) is 119 Å². The highest BCUT2D eigenvalue weighted by Crippen LogP contribution is 2.29. The van der Waals surface area contributed by atoms with Gasteiger partial charge in [0.05, 0.1) is 16.4 Å². The van der Waals surface area contributed by atoms with Gasteiger partial charge in [-0.1, -0.05) is 84.4 Å². The zero-order valence-corrected chi connectivity index (χ0v) is 22.5. The zero-order chi connectivity index (χ0) is 28.5. The SMILES string of the molecule is O=C(Nc1ccc(OCc2ccccc2)c(Cl)c1)C(=O)Nc1ccccc1NC(=O)C(c1ccccc1)[SH](=O)=O. The van der Waals surface area contributed by atoms with Crippen molar-refractivity contribution in [1.29, 1.82) is 0 Å². The molecule has 11 heteroatoms. The van der Waals surface area contributed by atoms with Gasteiger partial charge in [0.2, 0.25) is 5.91 Å². The number of hydrogen-bond donors (Lipinski definition) is 4. The van der Waals surface area contributed by atoms with Crippen molar-refractivity contribution in [3.63, 3.8) is 0 Å². The molecular weight excluding hydrogens is 554 g/mol. The van der Waals surface area contributed by atoms with Crippen molar-refractivity contribution in [3.8, 4) is 5.75 Å². The fourth-order valence-corrected chi connectivity index (χ4v) is 4.61. The Morgan fingerprint density at radius 2 is 1.30 bits per heavy atom. The predicted octanol–water partition coefficient (Wildman–Crippen LogP) is 4.79. The fraction of sp³-hybridized carbons (Fsp3) is 0.0690. The molecule has 4 aromatic rings. The third-order valence-electron chi connectivity index (χ3n) is 5.64. The standard InChI is InChI=1S/C29H24ClN3O6S/c30-22-17-21(15-16-25(22)39-18-19-9-3-1-4-10-19)31-28(35)29(36)33-24-14-8-7-13-23(24)32-27(34)26(40(37)38)20-11-5-2-6-12-20/h1-17,26,40H,18H2,(H,31,35)(H,32,34)(H,33,36). The van der Waals surface area contributed by atoms with Gasteiger partial charge in [-0.3, -0.25) is 14.4 Å². The maximum absolute atomic E-state index is 12.8. The Labute approximate surface area is 237 Å². The normalized spacial score (nSPS) is 11.3. The Balaban J connectivity index is 1.39. The van der Waals surface area contributed by atoms with Crippen LogP contribution in [-0.2, 0) is 31.7 Å². The van der Waals surface area contributed by atoms with Crippen LogP contribution in [0.3, 0.4) is 0 Å². The van der Waals surface area contributed by atoms with Crippen LogP contribution in [0.25, 0.3) is 0 Å². The number of carbonyl (C=O) groups excluding carboxylic acids is 3. The molecule has 4 aromatic carbocycles. The van der Waals surface area contributed by atoms with Crippen molar-refractivity contribution in [1.82, 2.24) is 0 Å². The quantitative estimate of drug-likeness (QED) is 0.167. The zero-order valence-electron chi connectivity index (χ0n) is 20.9. The average molecular weight is 578 g/mol. The second-order valence-corrected chi connectivity index (χ2v) is 9.96. The molecule has 0 saturated heterocycles. The van der Waals surface area contributed by atoms with E-state index in [0.717, 1.165) is 5.56 Å². The minimum Gasteiger partial charge on any atom is -0.487 e. The van der Waals surface area contributed by atoms with Crippen LogP contribution in [0.1, 0.15) is 16.4 Å². The molecule has 0 spiro atoms. The minimum atomic E-state index is -3.14. The molecule has 204 valence electrons. The van der Waals surface area contributed by atoms with Gasteiger partial charge < -0.3 is 20.7 Å². The van der Waals surface area contributed by atoms with Gasteiger partial charge in [0.25, 0.3) is 0 Å². The summed E-state index contributed by atoms with van der Waals surface area (Å²) in [4.78, 5) is 38.1. The maximum atomic E-state index is 12.8. The Morgan fingerprint density at radius 3 is 1.93 bits per heavy atom. The summed E-state index contributed by atoms with van der Waals surface area (Å²) in [6.07, 6.45) is 0. The Hall–Kier alpha value is -4.67. The second-order valence-electron chi connectivity index (χ2n) is 8.46. The lowest BCUT2D eigenvalue weighted by molar-refractivity contribution is -0.132. The van der Waals surface area contributed by atoms with E-state index in [9.17, 15) is 22.8 Å². The molecule has 9 nitrogen and oxygen atoms in total. The smallest absolute Gasteiger partial charge is 0.314 e. The van der Waals surface area contributed by atoms with Crippen LogP contribution >= 0.6 is 11.6 Å². The highest BCUT2D eigenvalue weighted by atomic mass is 35.5. The third kappa shape index (κ3) is 7.46. The first-order valence-electron chi connectivity index (χ1n) is 12.0. The third-order valence-corrected chi connectivity index (χ3v) is 6.89. The summed E-state index contributed by atoms with van der Waals surface area (Å²) in [5, 5.41) is 6.22. The first kappa shape index (κ1) is 28.3. The molecular formula is C29H24ClN3O6S. The Kier molecular flexibility index (Phi) is 9.50. The van der Waals surface area contributed by atoms with E-state index in [4.69, 9.17) is 16.3 Å². The van der Waals surface area contributed by atoms with E-state index >= 15 is 0 Å². The number of benzene rings is 4. The van der Waals surface area contributed by atoms with Crippen LogP contribution in [0.5, 0.6) is 5.75 Å². The molecule has 1 atom stereocenters. The lowest BCUT2D eigenvalue weighted by Gasteiger charge is -2.15. The van der Waals surface area contributed by atoms with E-state index in [1.165, 1.54) is 30.3 Å². The lowest BCUT2D eigenvalue weighted by atomic mass is 10.1. The topological polar surface area (TPSA) is 131 Å². The monoisotopic (exact) mass is 577 g/mol. The van der Waals surface area contributed by atoms with Crippen LogP contribution in [0.15, 0.2) is 103 Å². The number of para-hydroxylation sites is 2. The number of amides is 3. The molecule has 0 radical (unpaired) electrons. The summed E-state index contributed by atoms with van der Waals surface area (Å²) in [5.74, 6) is -2.40. The van der Waals surface area contributed by atoms with Crippen LogP contribution < -0.4 is 20.7 Å². The Bertz CT molecular complexity index is 1590. The lowest BCUT2D eigenvalue weighted by Crippen LogP contribution is -2.30. The number of thiol groups is 1. The second kappa shape index (κ2) is 13.4. The van der Waals surface area contributed by atoms with E-state index in [0.29, 0.717) is 17.9 Å². The minimum absolute atomic E-state index is 0.103. The van der Waals surface area contributed by atoms with Crippen LogP contribution in [0.4, 0.5) is 17.1 Å². The molecule has 0 aliphatic rings. The fourth-order valence-electron chi connectivity index (χ4n) is 3.70. The summed E-state index contributed by atoms with van der Waals surface area (Å²) in [7, 11) is -3.14. The van der Waals surface area contributed by atoms with Crippen LogP contribution in [0, 0.1) is 0 Å². The molecule has 4 rings (SSSR count). The molecule has 0 fully saturated rings. The van der Waals surface area contributed by atoms with Crippen LogP contribution in [0.2, 0.25) is 5.02 Å². The summed E-state index contributed by atoms with van der Waals surface area (Å²) in [6, 6.07) is 28.2. The van der Waals surface area contributed by atoms with Gasteiger partial charge in [-0.05, 0) is 41.5 Å². The van der Waals surface area contributed by atoms with Crippen molar-refractivity contribution >= 4 is 57.1 Å². The first-order valence-corrected chi connectivity index (χ1v) is 13.6. The molecule has 0 aromatic heterocycles. The number of halogens is 1. The average Bonchev–Trinajstić information content (AvgIpc) is 2.94. The molecule has 0 aliphatic carbocycles. The summed E-state index contributed by atoms with van der Waals surface area (Å²) >= 11 is 6.29. The van der Waals surface area contributed by atoms with Gasteiger partial charge in [0, 0.05) is 5.69 Å². The van der Waals surface area contributed by atoms with E-state index < -0.39 is 33.7 Å². The summed E-state index contributed by atoms with van der Waals surface area (Å²) in [5.41, 5.74) is 1.75. The number of rotatable bonds is 9. The van der Waals surface area contributed by atoms with Crippen molar-refractivity contribution in [2.75, 3.05) is 16.0 Å². The summed E-state index contributed by atoms with van der Waals surface area (Å²) in [6.45, 7) is 0.308. The van der Waals surface area contributed by atoms with Gasteiger partial charge in [-0.25, -0.2) is 8.42 Å². The number of carbonyl (C=O) groups is 3. The van der Waals surface area contributed by atoms with E-state index in [2.05, 4.69) is 16.0 Å². The van der Waals surface area contributed by atoms with Crippen molar-refractivity contribution < 1.29 is 27.5 Å². The van der Waals surface area contributed by atoms with Gasteiger partial charge in [-0.2, -0.15) is 0 Å². The number of anilines is 3. The van der Waals surface area contributed by atoms with Gasteiger partial charge in [0.1, 0.15) is 12.4 Å². The van der Waals surface area contributed by atoms with Gasteiger partial charge >= 0.3 is 11.8 Å². The summed E-state index contributed by atoms with van der Waals surface area (Å²) < 4.78 is 29.4. The number of hydrogen-bond acceptors (Lipinski definition) is 6. The van der Waals surface area contributed by atoms with E-state index in [1.54, 1.807) is 42.5 Å². The van der Waals surface area contributed by atoms with Gasteiger partial charge in [0.15, 0.2) is 16.0 Å². The molecule has 0 bridgehead atoms. The molecule has 0 saturated carbocycles. The molecule has 3 amide bonds. The number of nitrogens with one attached hydrogen (secondary N) is 3. The molecule has 40 heavy (non-hydrogen) atoms. The predicted molar refractivity (Wildman–Crippen MR) is 154 cm³/mol. The van der Waals surface area contributed by atoms with Crippen molar-refractivity contribution in [2.24, 2.45) is 0 Å². The van der Waals surface area contributed by atoms with E-state index in [-0.39, 0.29) is 22.1 Å². The van der Waals surface area contributed by atoms with Gasteiger partial charge in [-0.15, -0.1) is 0 Å². The Morgan fingerprint density at radius 1 is 0.725 bits per heavy atom. The molecule has 1 unspecified atom stereocenters. The largest absolute Gasteiger partial charge is 0.487 e. The van der Waals surface area contributed by atoms with Crippen molar-refractivity contribution in [2.45, 2.75) is 11.9 Å².